The number of hydrogen-bond acceptors (Lipinski definition) is 4. The first-order chi connectivity index (χ1) is 16.0. The van der Waals surface area contributed by atoms with Crippen molar-refractivity contribution in [3.8, 4) is 17.2 Å². The normalized spacial score (nSPS) is 17.6. The van der Waals surface area contributed by atoms with E-state index in [-0.39, 0.29) is 12.0 Å². The molecule has 0 radical (unpaired) electrons. The summed E-state index contributed by atoms with van der Waals surface area (Å²) < 4.78 is 16.7. The van der Waals surface area contributed by atoms with Crippen LogP contribution in [0.5, 0.6) is 17.2 Å². The van der Waals surface area contributed by atoms with Gasteiger partial charge in [-0.15, -0.1) is 0 Å². The van der Waals surface area contributed by atoms with E-state index in [0.29, 0.717) is 33.8 Å². The smallest absolute Gasteiger partial charge is 0.203 e. The number of halogens is 2. The molecule has 2 heterocycles. The van der Waals surface area contributed by atoms with Gasteiger partial charge < -0.3 is 24.5 Å². The minimum Gasteiger partial charge on any atom is -0.493 e. The fourth-order valence-electron chi connectivity index (χ4n) is 4.83. The van der Waals surface area contributed by atoms with Crippen LogP contribution in [-0.2, 0) is 0 Å². The summed E-state index contributed by atoms with van der Waals surface area (Å²) in [5.41, 5.74) is 5.46. The molecular formula is C26H24Cl2N2O3. The maximum absolute atomic E-state index is 6.64. The number of para-hydroxylation sites is 1. The summed E-state index contributed by atoms with van der Waals surface area (Å²) >= 11 is 12.8. The summed E-state index contributed by atoms with van der Waals surface area (Å²) in [6.45, 7) is 0.706. The molecule has 33 heavy (non-hydrogen) atoms. The average molecular weight is 483 g/mol. The Bertz CT molecular complexity index is 1310. The second kappa shape index (κ2) is 8.82. The van der Waals surface area contributed by atoms with Crippen LogP contribution in [0.2, 0.25) is 10.0 Å². The molecule has 1 aliphatic rings. The van der Waals surface area contributed by atoms with E-state index in [1.54, 1.807) is 27.4 Å². The van der Waals surface area contributed by atoms with Crippen LogP contribution < -0.4 is 19.5 Å². The van der Waals surface area contributed by atoms with E-state index in [1.807, 2.05) is 30.3 Å². The van der Waals surface area contributed by atoms with E-state index >= 15 is 0 Å². The highest BCUT2D eigenvalue weighted by atomic mass is 35.5. The Hall–Kier alpha value is -2.86. The Morgan fingerprint density at radius 3 is 2.27 bits per heavy atom. The molecule has 5 nitrogen and oxygen atoms in total. The number of aromatic nitrogens is 1. The summed E-state index contributed by atoms with van der Waals surface area (Å²) in [6, 6.07) is 17.9. The minimum atomic E-state index is -0.0940. The first kappa shape index (κ1) is 22.0. The van der Waals surface area contributed by atoms with Crippen LogP contribution in [0.3, 0.4) is 0 Å². The molecule has 1 aliphatic heterocycles. The van der Waals surface area contributed by atoms with Crippen molar-refractivity contribution in [3.63, 3.8) is 0 Å². The number of aromatic amines is 1. The molecule has 170 valence electrons. The maximum atomic E-state index is 6.64. The average Bonchev–Trinajstić information content (AvgIpc) is 3.22. The van der Waals surface area contributed by atoms with Crippen LogP contribution in [-0.4, -0.2) is 32.9 Å². The lowest BCUT2D eigenvalue weighted by molar-refractivity contribution is 0.323. The lowest BCUT2D eigenvalue weighted by Gasteiger charge is -2.32. The van der Waals surface area contributed by atoms with Gasteiger partial charge in [-0.05, 0) is 47.0 Å². The van der Waals surface area contributed by atoms with Crippen molar-refractivity contribution in [1.29, 1.82) is 0 Å². The Balaban J connectivity index is 1.70. The Labute approximate surface area is 202 Å². The van der Waals surface area contributed by atoms with Gasteiger partial charge in [-0.1, -0.05) is 47.5 Å². The largest absolute Gasteiger partial charge is 0.493 e. The molecule has 0 saturated carbocycles. The van der Waals surface area contributed by atoms with Crippen LogP contribution in [0.15, 0.2) is 54.6 Å². The molecule has 2 N–H and O–H groups in total. The second-order valence-corrected chi connectivity index (χ2v) is 8.86. The zero-order valence-electron chi connectivity index (χ0n) is 18.5. The van der Waals surface area contributed by atoms with Crippen LogP contribution in [0.25, 0.3) is 10.9 Å². The fraction of sp³-hybridized carbons (Fsp3) is 0.231. The highest BCUT2D eigenvalue weighted by Gasteiger charge is 2.34. The number of ether oxygens (including phenoxy) is 3. The molecule has 5 rings (SSSR count). The third kappa shape index (κ3) is 3.70. The summed E-state index contributed by atoms with van der Waals surface area (Å²) in [5, 5.41) is 6.18. The van der Waals surface area contributed by atoms with Crippen molar-refractivity contribution in [2.24, 2.45) is 0 Å². The fourth-order valence-corrected chi connectivity index (χ4v) is 5.37. The van der Waals surface area contributed by atoms with Crippen molar-refractivity contribution < 1.29 is 14.2 Å². The molecule has 7 heteroatoms. The Morgan fingerprint density at radius 2 is 1.61 bits per heavy atom. The van der Waals surface area contributed by atoms with Gasteiger partial charge in [-0.3, -0.25) is 0 Å². The van der Waals surface area contributed by atoms with Crippen LogP contribution in [0.4, 0.5) is 0 Å². The van der Waals surface area contributed by atoms with E-state index in [9.17, 15) is 0 Å². The molecule has 4 aromatic rings. The molecule has 0 amide bonds. The predicted octanol–water partition coefficient (Wildman–Crippen LogP) is 6.33. The van der Waals surface area contributed by atoms with Gasteiger partial charge in [-0.25, -0.2) is 0 Å². The monoisotopic (exact) mass is 482 g/mol. The predicted molar refractivity (Wildman–Crippen MR) is 133 cm³/mol. The van der Waals surface area contributed by atoms with E-state index in [4.69, 9.17) is 37.4 Å². The van der Waals surface area contributed by atoms with E-state index < -0.39 is 0 Å². The first-order valence-electron chi connectivity index (χ1n) is 10.6. The summed E-state index contributed by atoms with van der Waals surface area (Å²) in [5.74, 6) is 1.88. The Kier molecular flexibility index (Phi) is 5.87. The minimum absolute atomic E-state index is 0.0687. The number of benzene rings is 3. The van der Waals surface area contributed by atoms with Crippen molar-refractivity contribution in [1.82, 2.24) is 10.3 Å². The van der Waals surface area contributed by atoms with E-state index in [2.05, 4.69) is 28.5 Å². The quantitative estimate of drug-likeness (QED) is 0.349. The molecule has 2 atom stereocenters. The molecule has 3 aromatic carbocycles. The Morgan fingerprint density at radius 1 is 0.879 bits per heavy atom. The number of fused-ring (bicyclic) bond motifs is 3. The molecule has 0 bridgehead atoms. The number of H-pyrrole nitrogens is 1. The molecular weight excluding hydrogens is 459 g/mol. The van der Waals surface area contributed by atoms with Crippen molar-refractivity contribution in [3.05, 3.63) is 87.0 Å². The van der Waals surface area contributed by atoms with Crippen LogP contribution >= 0.6 is 23.2 Å². The van der Waals surface area contributed by atoms with Gasteiger partial charge in [0, 0.05) is 39.1 Å². The molecule has 1 aromatic heterocycles. The van der Waals surface area contributed by atoms with Gasteiger partial charge in [-0.2, -0.15) is 0 Å². The first-order valence-corrected chi connectivity index (χ1v) is 11.4. The van der Waals surface area contributed by atoms with Crippen LogP contribution in [0.1, 0.15) is 34.3 Å². The summed E-state index contributed by atoms with van der Waals surface area (Å²) in [6.07, 6.45) is 0. The number of hydrogen-bond donors (Lipinski definition) is 2. The zero-order chi connectivity index (χ0) is 23.1. The third-order valence-electron chi connectivity index (χ3n) is 6.30. The van der Waals surface area contributed by atoms with Crippen molar-refractivity contribution in [2.45, 2.75) is 12.0 Å². The third-order valence-corrected chi connectivity index (χ3v) is 6.86. The number of nitrogens with one attached hydrogen (secondary N) is 2. The van der Waals surface area contributed by atoms with Gasteiger partial charge in [0.1, 0.15) is 0 Å². The lowest BCUT2D eigenvalue weighted by Crippen LogP contribution is -2.34. The summed E-state index contributed by atoms with van der Waals surface area (Å²) in [7, 11) is 4.86. The second-order valence-electron chi connectivity index (χ2n) is 8.02. The molecule has 0 aliphatic carbocycles. The van der Waals surface area contributed by atoms with Gasteiger partial charge in [0.05, 0.1) is 27.4 Å². The SMILES string of the molecule is COc1cc([C@H]2NC[C@H](c3ccc(Cl)cc3Cl)c3c2[nH]c2ccccc32)cc(OC)c1OC. The van der Waals surface area contributed by atoms with Gasteiger partial charge in [0.15, 0.2) is 11.5 Å². The number of methoxy groups -OCH3 is 3. The van der Waals surface area contributed by atoms with Gasteiger partial charge >= 0.3 is 0 Å². The van der Waals surface area contributed by atoms with Crippen molar-refractivity contribution >= 4 is 34.1 Å². The lowest BCUT2D eigenvalue weighted by atomic mass is 9.83. The molecule has 0 saturated heterocycles. The molecule has 0 spiro atoms. The van der Waals surface area contributed by atoms with E-state index in [1.165, 1.54) is 10.9 Å². The van der Waals surface area contributed by atoms with Crippen molar-refractivity contribution in [2.75, 3.05) is 27.9 Å². The van der Waals surface area contributed by atoms with Gasteiger partial charge in [0.25, 0.3) is 0 Å². The molecule has 0 fully saturated rings. The molecule has 0 unspecified atom stereocenters. The highest BCUT2D eigenvalue weighted by molar-refractivity contribution is 6.35. The highest BCUT2D eigenvalue weighted by Crippen LogP contribution is 2.46. The van der Waals surface area contributed by atoms with Gasteiger partial charge in [0.2, 0.25) is 5.75 Å². The van der Waals surface area contributed by atoms with Crippen LogP contribution in [0, 0.1) is 0 Å². The summed E-state index contributed by atoms with van der Waals surface area (Å²) in [4.78, 5) is 3.65. The standard InChI is InChI=1S/C26H24Cl2N2O3/c1-31-21-10-14(11-22(32-2)26(21)33-3)24-25-23(17-6-4-5-7-20(17)30-25)18(13-29-24)16-9-8-15(27)12-19(16)28/h4-12,18,24,29-30H,13H2,1-3H3/t18-,24-/m1/s1. The number of rotatable bonds is 5. The maximum Gasteiger partial charge on any atom is 0.203 e. The van der Waals surface area contributed by atoms with E-state index in [0.717, 1.165) is 22.3 Å². The topological polar surface area (TPSA) is 55.5 Å². The zero-order valence-corrected chi connectivity index (χ0v) is 20.1.